The maximum atomic E-state index is 12.9. The monoisotopic (exact) mass is 470 g/mol. The molecule has 0 radical (unpaired) electrons. The molecule has 1 heterocycles. The molecule has 4 unspecified atom stereocenters. The Balaban J connectivity index is 2.63. The fourth-order valence-corrected chi connectivity index (χ4v) is 3.60. The summed E-state index contributed by atoms with van der Waals surface area (Å²) < 4.78 is 0. The Bertz CT molecular complexity index is 713. The maximum absolute atomic E-state index is 12.9. The molecular formula is C20H38N8O5. The van der Waals surface area contributed by atoms with Crippen LogP contribution in [0.2, 0.25) is 0 Å². The second kappa shape index (κ2) is 14.3. The number of hydrogen-bond acceptors (Lipinski definition) is 7. The number of unbranched alkanes of at least 4 members (excludes halogenated alkanes) is 1. The van der Waals surface area contributed by atoms with E-state index in [1.165, 1.54) is 11.8 Å². The zero-order valence-corrected chi connectivity index (χ0v) is 19.2. The number of aliphatic carboxylic acids is 1. The second-order valence-corrected chi connectivity index (χ2v) is 8.16. The predicted octanol–water partition coefficient (Wildman–Crippen LogP) is -2.44. The molecule has 0 saturated carbocycles. The third-order valence-electron chi connectivity index (χ3n) is 5.43. The number of guanidine groups is 1. The van der Waals surface area contributed by atoms with E-state index < -0.39 is 47.9 Å². The van der Waals surface area contributed by atoms with Crippen LogP contribution in [0.25, 0.3) is 0 Å². The number of likely N-dealkylation sites (tertiary alicyclic amines) is 1. The average molecular weight is 471 g/mol. The van der Waals surface area contributed by atoms with Crippen LogP contribution in [0.4, 0.5) is 0 Å². The van der Waals surface area contributed by atoms with Crippen LogP contribution in [0, 0.1) is 0 Å². The van der Waals surface area contributed by atoms with Gasteiger partial charge in [0.2, 0.25) is 17.7 Å². The van der Waals surface area contributed by atoms with Crippen molar-refractivity contribution in [1.29, 1.82) is 0 Å². The van der Waals surface area contributed by atoms with Gasteiger partial charge in [-0.1, -0.05) is 0 Å². The second-order valence-electron chi connectivity index (χ2n) is 8.16. The van der Waals surface area contributed by atoms with Gasteiger partial charge in [-0.3, -0.25) is 19.4 Å². The molecule has 0 aromatic carbocycles. The van der Waals surface area contributed by atoms with Crippen LogP contribution in [0.1, 0.15) is 51.9 Å². The maximum Gasteiger partial charge on any atom is 0.326 e. The highest BCUT2D eigenvalue weighted by molar-refractivity contribution is 5.94. The van der Waals surface area contributed by atoms with Crippen molar-refractivity contribution in [3.63, 3.8) is 0 Å². The topological polar surface area (TPSA) is 232 Å². The first-order valence-electron chi connectivity index (χ1n) is 11.2. The fourth-order valence-electron chi connectivity index (χ4n) is 3.60. The number of rotatable bonds is 14. The van der Waals surface area contributed by atoms with Crippen molar-refractivity contribution < 1.29 is 24.3 Å². The summed E-state index contributed by atoms with van der Waals surface area (Å²) >= 11 is 0. The SMILES string of the molecule is CC(NC(=O)C(N)CCCN=C(N)N)C(=O)N1CCCC1C(=O)NC(CCCCN)C(=O)O. The smallest absolute Gasteiger partial charge is 0.326 e. The van der Waals surface area contributed by atoms with E-state index in [0.717, 1.165) is 0 Å². The van der Waals surface area contributed by atoms with Gasteiger partial charge in [0.15, 0.2) is 5.96 Å². The summed E-state index contributed by atoms with van der Waals surface area (Å²) in [4.78, 5) is 54.6. The summed E-state index contributed by atoms with van der Waals surface area (Å²) in [7, 11) is 0. The molecule has 0 spiro atoms. The van der Waals surface area contributed by atoms with Gasteiger partial charge in [0, 0.05) is 13.1 Å². The van der Waals surface area contributed by atoms with Crippen molar-refractivity contribution in [2.75, 3.05) is 19.6 Å². The Kier molecular flexibility index (Phi) is 12.1. The Hall–Kier alpha value is -2.93. The van der Waals surface area contributed by atoms with Gasteiger partial charge in [-0.25, -0.2) is 4.79 Å². The van der Waals surface area contributed by atoms with Crippen molar-refractivity contribution in [3.8, 4) is 0 Å². The summed E-state index contributed by atoms with van der Waals surface area (Å²) in [6.45, 7) is 2.64. The van der Waals surface area contributed by atoms with Gasteiger partial charge >= 0.3 is 5.97 Å². The van der Waals surface area contributed by atoms with Crippen LogP contribution in [0.5, 0.6) is 0 Å². The molecular weight excluding hydrogens is 432 g/mol. The number of amides is 3. The molecule has 13 heteroatoms. The average Bonchev–Trinajstić information content (AvgIpc) is 3.24. The Morgan fingerprint density at radius 1 is 1.12 bits per heavy atom. The van der Waals surface area contributed by atoms with Gasteiger partial charge in [-0.15, -0.1) is 0 Å². The molecule has 3 amide bonds. The molecule has 188 valence electrons. The van der Waals surface area contributed by atoms with Gasteiger partial charge in [0.1, 0.15) is 18.1 Å². The minimum Gasteiger partial charge on any atom is -0.480 e. The zero-order chi connectivity index (χ0) is 25.0. The number of carboxylic acids is 1. The first kappa shape index (κ1) is 28.1. The minimum atomic E-state index is -1.13. The number of aliphatic imine (C=N–C) groups is 1. The molecule has 11 N–H and O–H groups in total. The lowest BCUT2D eigenvalue weighted by molar-refractivity contribution is -0.145. The summed E-state index contributed by atoms with van der Waals surface area (Å²) in [5.74, 6) is -2.61. The summed E-state index contributed by atoms with van der Waals surface area (Å²) in [5, 5.41) is 14.5. The Morgan fingerprint density at radius 3 is 2.42 bits per heavy atom. The van der Waals surface area contributed by atoms with Crippen LogP contribution < -0.4 is 33.6 Å². The van der Waals surface area contributed by atoms with Crippen molar-refractivity contribution in [2.45, 2.75) is 76.0 Å². The zero-order valence-electron chi connectivity index (χ0n) is 19.2. The molecule has 1 saturated heterocycles. The van der Waals surface area contributed by atoms with Gasteiger partial charge in [-0.05, 0) is 58.4 Å². The summed E-state index contributed by atoms with van der Waals surface area (Å²) in [6, 6.07) is -3.57. The van der Waals surface area contributed by atoms with E-state index in [2.05, 4.69) is 15.6 Å². The van der Waals surface area contributed by atoms with E-state index in [4.69, 9.17) is 22.9 Å². The third kappa shape index (κ3) is 9.61. The molecule has 33 heavy (non-hydrogen) atoms. The van der Waals surface area contributed by atoms with Crippen LogP contribution in [0.3, 0.4) is 0 Å². The van der Waals surface area contributed by atoms with Crippen LogP contribution in [-0.2, 0) is 19.2 Å². The molecule has 0 aromatic heterocycles. The summed E-state index contributed by atoms with van der Waals surface area (Å²) in [6.07, 6.45) is 3.32. The Labute approximate surface area is 193 Å². The third-order valence-corrected chi connectivity index (χ3v) is 5.43. The summed E-state index contributed by atoms with van der Waals surface area (Å²) in [5.41, 5.74) is 21.8. The number of carbonyl (C=O) groups is 4. The number of nitrogens with two attached hydrogens (primary N) is 4. The molecule has 0 bridgehead atoms. The number of carbonyl (C=O) groups excluding carboxylic acids is 3. The normalized spacial score (nSPS) is 18.2. The largest absolute Gasteiger partial charge is 0.480 e. The first-order chi connectivity index (χ1) is 15.6. The molecule has 1 aliphatic rings. The molecule has 0 aliphatic carbocycles. The van der Waals surface area contributed by atoms with E-state index in [-0.39, 0.29) is 12.4 Å². The highest BCUT2D eigenvalue weighted by atomic mass is 16.4. The first-order valence-corrected chi connectivity index (χ1v) is 11.2. The Morgan fingerprint density at radius 2 is 1.82 bits per heavy atom. The fraction of sp³-hybridized carbons (Fsp3) is 0.750. The lowest BCUT2D eigenvalue weighted by Crippen LogP contribution is -2.56. The number of nitrogens with one attached hydrogen (secondary N) is 2. The lowest BCUT2D eigenvalue weighted by Gasteiger charge is -2.28. The molecule has 1 aliphatic heterocycles. The molecule has 1 fully saturated rings. The van der Waals surface area contributed by atoms with Crippen LogP contribution in [-0.4, -0.2) is 83.5 Å². The number of carboxylic acid groups (broad SMARTS) is 1. The minimum absolute atomic E-state index is 0.0401. The standard InChI is InChI=1S/C20H38N8O5/c1-12(26-16(29)13(22)6-4-10-25-20(23)24)18(31)28-11-5-8-15(28)17(30)27-14(19(32)33)7-2-3-9-21/h12-15H,2-11,21-22H2,1H3,(H,26,29)(H,27,30)(H,32,33)(H4,23,24,25). The molecule has 0 aromatic rings. The van der Waals surface area contributed by atoms with E-state index in [9.17, 15) is 24.3 Å². The molecule has 13 nitrogen and oxygen atoms in total. The van der Waals surface area contributed by atoms with Gasteiger partial charge in [0.25, 0.3) is 0 Å². The molecule has 1 rings (SSSR count). The van der Waals surface area contributed by atoms with Crippen molar-refractivity contribution in [3.05, 3.63) is 0 Å². The van der Waals surface area contributed by atoms with E-state index in [1.807, 2.05) is 0 Å². The molecule has 4 atom stereocenters. The highest BCUT2D eigenvalue weighted by Crippen LogP contribution is 2.19. The van der Waals surface area contributed by atoms with Crippen molar-refractivity contribution >= 4 is 29.7 Å². The highest BCUT2D eigenvalue weighted by Gasteiger charge is 2.37. The van der Waals surface area contributed by atoms with E-state index >= 15 is 0 Å². The predicted molar refractivity (Wildman–Crippen MR) is 123 cm³/mol. The van der Waals surface area contributed by atoms with Crippen LogP contribution >= 0.6 is 0 Å². The van der Waals surface area contributed by atoms with Gasteiger partial charge in [0.05, 0.1) is 6.04 Å². The van der Waals surface area contributed by atoms with E-state index in [0.29, 0.717) is 58.2 Å². The van der Waals surface area contributed by atoms with Gasteiger partial charge < -0.3 is 43.6 Å². The number of hydrogen-bond donors (Lipinski definition) is 7. The van der Waals surface area contributed by atoms with E-state index in [1.54, 1.807) is 0 Å². The van der Waals surface area contributed by atoms with Crippen LogP contribution in [0.15, 0.2) is 4.99 Å². The quantitative estimate of drug-likeness (QED) is 0.0810. The van der Waals surface area contributed by atoms with Crippen molar-refractivity contribution in [2.24, 2.45) is 27.9 Å². The van der Waals surface area contributed by atoms with Gasteiger partial charge in [-0.2, -0.15) is 0 Å². The van der Waals surface area contributed by atoms with Crippen molar-refractivity contribution in [1.82, 2.24) is 15.5 Å². The lowest BCUT2D eigenvalue weighted by atomic mass is 10.1. The number of nitrogens with zero attached hydrogens (tertiary/aromatic N) is 2.